The van der Waals surface area contributed by atoms with E-state index in [1.807, 2.05) is 0 Å². The molecule has 2 aromatic carbocycles. The van der Waals surface area contributed by atoms with Gasteiger partial charge in [-0.1, -0.05) is 12.1 Å². The number of benzene rings is 2. The second kappa shape index (κ2) is 8.10. The SMILES string of the molecule is CCOC(=O)c1ccccc1NC(=O)[C@@H](C)Oc1ccc(F)cc1. The number of esters is 1. The van der Waals surface area contributed by atoms with E-state index in [1.54, 1.807) is 38.1 Å². The molecular formula is C18H18FNO4. The molecule has 0 radical (unpaired) electrons. The molecule has 0 unspecified atom stereocenters. The van der Waals surface area contributed by atoms with Crippen LogP contribution in [0.1, 0.15) is 24.2 Å². The van der Waals surface area contributed by atoms with Crippen molar-refractivity contribution in [3.63, 3.8) is 0 Å². The third-order valence-corrected chi connectivity index (χ3v) is 3.18. The molecule has 0 aromatic heterocycles. The molecule has 1 N–H and O–H groups in total. The van der Waals surface area contributed by atoms with Crippen LogP contribution >= 0.6 is 0 Å². The summed E-state index contributed by atoms with van der Waals surface area (Å²) in [6.45, 7) is 3.51. The number of carbonyl (C=O) groups is 2. The number of para-hydroxylation sites is 1. The summed E-state index contributed by atoms with van der Waals surface area (Å²) in [7, 11) is 0. The highest BCUT2D eigenvalue weighted by Crippen LogP contribution is 2.18. The zero-order chi connectivity index (χ0) is 17.5. The molecule has 1 atom stereocenters. The zero-order valence-corrected chi connectivity index (χ0v) is 13.4. The molecule has 0 bridgehead atoms. The van der Waals surface area contributed by atoms with Crippen molar-refractivity contribution < 1.29 is 23.5 Å². The largest absolute Gasteiger partial charge is 0.481 e. The van der Waals surface area contributed by atoms with Gasteiger partial charge in [-0.3, -0.25) is 4.79 Å². The first-order valence-electron chi connectivity index (χ1n) is 7.50. The summed E-state index contributed by atoms with van der Waals surface area (Å²) >= 11 is 0. The number of nitrogens with one attached hydrogen (secondary N) is 1. The van der Waals surface area contributed by atoms with E-state index in [-0.39, 0.29) is 18.0 Å². The molecule has 126 valence electrons. The van der Waals surface area contributed by atoms with Crippen LogP contribution in [0.3, 0.4) is 0 Å². The topological polar surface area (TPSA) is 64.6 Å². The van der Waals surface area contributed by atoms with Crippen molar-refractivity contribution in [2.45, 2.75) is 20.0 Å². The minimum Gasteiger partial charge on any atom is -0.481 e. The standard InChI is InChI=1S/C18H18FNO4/c1-3-23-18(22)15-6-4-5-7-16(15)20-17(21)12(2)24-14-10-8-13(19)9-11-14/h4-12H,3H2,1-2H3,(H,20,21)/t12-/m1/s1. The van der Waals surface area contributed by atoms with Gasteiger partial charge in [-0.2, -0.15) is 0 Å². The van der Waals surface area contributed by atoms with Gasteiger partial charge < -0.3 is 14.8 Å². The van der Waals surface area contributed by atoms with E-state index in [9.17, 15) is 14.0 Å². The minimum atomic E-state index is -0.828. The van der Waals surface area contributed by atoms with Crippen molar-refractivity contribution in [3.8, 4) is 5.75 Å². The molecule has 0 aliphatic heterocycles. The number of anilines is 1. The van der Waals surface area contributed by atoms with Gasteiger partial charge in [0.25, 0.3) is 5.91 Å². The lowest BCUT2D eigenvalue weighted by Crippen LogP contribution is -2.30. The first-order chi connectivity index (χ1) is 11.5. The van der Waals surface area contributed by atoms with Crippen LogP contribution in [0.5, 0.6) is 5.75 Å². The molecule has 1 amide bonds. The number of hydrogen-bond donors (Lipinski definition) is 1. The van der Waals surface area contributed by atoms with Crippen LogP contribution < -0.4 is 10.1 Å². The van der Waals surface area contributed by atoms with Crippen molar-refractivity contribution in [3.05, 3.63) is 59.9 Å². The fourth-order valence-corrected chi connectivity index (χ4v) is 1.98. The minimum absolute atomic E-state index is 0.241. The highest BCUT2D eigenvalue weighted by atomic mass is 19.1. The van der Waals surface area contributed by atoms with E-state index < -0.39 is 18.0 Å². The average molecular weight is 331 g/mol. The number of halogens is 1. The quantitative estimate of drug-likeness (QED) is 0.824. The normalized spacial score (nSPS) is 11.5. The van der Waals surface area contributed by atoms with E-state index in [4.69, 9.17) is 9.47 Å². The summed E-state index contributed by atoms with van der Waals surface area (Å²) in [6, 6.07) is 11.9. The van der Waals surface area contributed by atoms with Crippen molar-refractivity contribution >= 4 is 17.6 Å². The Kier molecular flexibility index (Phi) is 5.89. The highest BCUT2D eigenvalue weighted by molar-refractivity contribution is 6.02. The van der Waals surface area contributed by atoms with Gasteiger partial charge in [-0.15, -0.1) is 0 Å². The van der Waals surface area contributed by atoms with Crippen molar-refractivity contribution in [1.29, 1.82) is 0 Å². The Bertz CT molecular complexity index is 715. The third-order valence-electron chi connectivity index (χ3n) is 3.18. The van der Waals surface area contributed by atoms with Crippen LogP contribution in [0.2, 0.25) is 0 Å². The molecule has 5 nitrogen and oxygen atoms in total. The Hall–Kier alpha value is -2.89. The lowest BCUT2D eigenvalue weighted by molar-refractivity contribution is -0.122. The van der Waals surface area contributed by atoms with Crippen LogP contribution in [0.25, 0.3) is 0 Å². The molecule has 24 heavy (non-hydrogen) atoms. The molecule has 2 aromatic rings. The van der Waals surface area contributed by atoms with E-state index >= 15 is 0 Å². The van der Waals surface area contributed by atoms with E-state index in [1.165, 1.54) is 24.3 Å². The molecule has 0 fully saturated rings. The van der Waals surface area contributed by atoms with E-state index in [2.05, 4.69) is 5.32 Å². The first-order valence-corrected chi connectivity index (χ1v) is 7.50. The van der Waals surface area contributed by atoms with Crippen LogP contribution in [-0.2, 0) is 9.53 Å². The van der Waals surface area contributed by atoms with Crippen LogP contribution in [-0.4, -0.2) is 24.6 Å². The number of hydrogen-bond acceptors (Lipinski definition) is 4. The second-order valence-electron chi connectivity index (χ2n) is 4.97. The Balaban J connectivity index is 2.06. The van der Waals surface area contributed by atoms with E-state index in [0.717, 1.165) is 0 Å². The van der Waals surface area contributed by atoms with Crippen molar-refractivity contribution in [1.82, 2.24) is 0 Å². The maximum absolute atomic E-state index is 12.9. The fraction of sp³-hybridized carbons (Fsp3) is 0.222. The van der Waals surface area contributed by atoms with Gasteiger partial charge in [0, 0.05) is 0 Å². The summed E-state index contributed by atoms with van der Waals surface area (Å²) < 4.78 is 23.3. The number of rotatable bonds is 6. The second-order valence-corrected chi connectivity index (χ2v) is 4.97. The molecule has 0 aliphatic carbocycles. The monoisotopic (exact) mass is 331 g/mol. The van der Waals surface area contributed by atoms with Gasteiger partial charge >= 0.3 is 5.97 Å². The summed E-state index contributed by atoms with van der Waals surface area (Å²) in [5.41, 5.74) is 0.609. The number of carbonyl (C=O) groups excluding carboxylic acids is 2. The molecule has 6 heteroatoms. The summed E-state index contributed by atoms with van der Waals surface area (Å²) in [4.78, 5) is 24.2. The molecule has 0 heterocycles. The van der Waals surface area contributed by atoms with Crippen LogP contribution in [0.4, 0.5) is 10.1 Å². The van der Waals surface area contributed by atoms with Crippen LogP contribution in [0.15, 0.2) is 48.5 Å². The average Bonchev–Trinajstić information content (AvgIpc) is 2.57. The summed E-state index contributed by atoms with van der Waals surface area (Å²) in [6.07, 6.45) is -0.828. The van der Waals surface area contributed by atoms with Crippen molar-refractivity contribution in [2.24, 2.45) is 0 Å². The van der Waals surface area contributed by atoms with Gasteiger partial charge in [-0.25, -0.2) is 9.18 Å². The Morgan fingerprint density at radius 2 is 1.79 bits per heavy atom. The van der Waals surface area contributed by atoms with Gasteiger partial charge in [0.05, 0.1) is 17.9 Å². The molecule has 0 saturated heterocycles. The molecule has 2 rings (SSSR count). The maximum Gasteiger partial charge on any atom is 0.340 e. The predicted molar refractivity (Wildman–Crippen MR) is 87.5 cm³/mol. The molecule has 0 saturated carbocycles. The van der Waals surface area contributed by atoms with Crippen LogP contribution in [0, 0.1) is 5.82 Å². The first kappa shape index (κ1) is 17.5. The van der Waals surface area contributed by atoms with Gasteiger partial charge in [-0.05, 0) is 50.2 Å². The highest BCUT2D eigenvalue weighted by Gasteiger charge is 2.19. The van der Waals surface area contributed by atoms with Crippen molar-refractivity contribution in [2.75, 3.05) is 11.9 Å². The third kappa shape index (κ3) is 4.55. The molecule has 0 spiro atoms. The number of ether oxygens (including phenoxy) is 2. The summed E-state index contributed by atoms with van der Waals surface area (Å²) in [5.74, 6) is -0.961. The Morgan fingerprint density at radius 1 is 1.12 bits per heavy atom. The zero-order valence-electron chi connectivity index (χ0n) is 13.4. The predicted octanol–water partition coefficient (Wildman–Crippen LogP) is 3.41. The summed E-state index contributed by atoms with van der Waals surface area (Å²) in [5, 5.41) is 2.64. The molecule has 0 aliphatic rings. The number of amides is 1. The lowest BCUT2D eigenvalue weighted by atomic mass is 10.1. The lowest BCUT2D eigenvalue weighted by Gasteiger charge is -2.16. The van der Waals surface area contributed by atoms with Gasteiger partial charge in [0.2, 0.25) is 0 Å². The van der Waals surface area contributed by atoms with E-state index in [0.29, 0.717) is 11.4 Å². The maximum atomic E-state index is 12.9. The molecular weight excluding hydrogens is 313 g/mol. The fourth-order valence-electron chi connectivity index (χ4n) is 1.98. The Morgan fingerprint density at radius 3 is 2.46 bits per heavy atom. The Labute approximate surface area is 139 Å². The van der Waals surface area contributed by atoms with Gasteiger partial charge in [0.1, 0.15) is 11.6 Å². The smallest absolute Gasteiger partial charge is 0.340 e. The van der Waals surface area contributed by atoms with Gasteiger partial charge in [0.15, 0.2) is 6.10 Å².